The van der Waals surface area contributed by atoms with Gasteiger partial charge in [-0.25, -0.2) is 5.01 Å². The second kappa shape index (κ2) is 3.36. The molecule has 1 aromatic heterocycles. The normalized spacial score (nSPS) is 10.3. The Bertz CT molecular complexity index is 279. The summed E-state index contributed by atoms with van der Waals surface area (Å²) in [4.78, 5) is 11.3. The van der Waals surface area contributed by atoms with E-state index in [9.17, 15) is 4.79 Å². The number of nitrogens with zero attached hydrogens (tertiary/aromatic N) is 2. The highest BCUT2D eigenvalue weighted by atomic mass is 16.2. The van der Waals surface area contributed by atoms with Crippen molar-refractivity contribution < 1.29 is 4.79 Å². The number of rotatable bonds is 2. The van der Waals surface area contributed by atoms with Crippen LogP contribution in [0.15, 0.2) is 6.20 Å². The molecule has 0 radical (unpaired) electrons. The molecule has 0 aliphatic carbocycles. The zero-order valence-corrected chi connectivity index (χ0v) is 7.38. The summed E-state index contributed by atoms with van der Waals surface area (Å²) in [6, 6.07) is 0. The number of hydrazine groups is 1. The molecule has 0 bridgehead atoms. The van der Waals surface area contributed by atoms with Crippen molar-refractivity contribution in [3.63, 3.8) is 0 Å². The standard InChI is InChI=1S/C7H12N4O/c1-5-6(4-8-9-5)7(12)10-11(2)3/h4H,1-3H3,(H,8,9)(H,10,12). The van der Waals surface area contributed by atoms with Crippen molar-refractivity contribution in [1.82, 2.24) is 20.6 Å². The Labute approximate surface area is 70.7 Å². The highest BCUT2D eigenvalue weighted by Crippen LogP contribution is 2.01. The molecule has 1 heterocycles. The first kappa shape index (κ1) is 8.73. The summed E-state index contributed by atoms with van der Waals surface area (Å²) < 4.78 is 0. The molecule has 1 rings (SSSR count). The van der Waals surface area contributed by atoms with Crippen LogP contribution in [0.4, 0.5) is 0 Å². The van der Waals surface area contributed by atoms with E-state index in [1.165, 1.54) is 6.20 Å². The molecular weight excluding hydrogens is 156 g/mol. The van der Waals surface area contributed by atoms with Gasteiger partial charge >= 0.3 is 0 Å². The number of nitrogens with one attached hydrogen (secondary N) is 2. The minimum Gasteiger partial charge on any atom is -0.285 e. The first-order valence-electron chi connectivity index (χ1n) is 3.59. The van der Waals surface area contributed by atoms with Crippen molar-refractivity contribution in [2.24, 2.45) is 0 Å². The van der Waals surface area contributed by atoms with Gasteiger partial charge in [0.05, 0.1) is 11.8 Å². The van der Waals surface area contributed by atoms with Crippen LogP contribution >= 0.6 is 0 Å². The Balaban J connectivity index is 2.72. The number of carbonyl (C=O) groups is 1. The van der Waals surface area contributed by atoms with Gasteiger partial charge < -0.3 is 0 Å². The van der Waals surface area contributed by atoms with E-state index in [1.54, 1.807) is 26.0 Å². The quantitative estimate of drug-likeness (QED) is 0.607. The number of aryl methyl sites for hydroxylation is 1. The number of aromatic nitrogens is 2. The van der Waals surface area contributed by atoms with E-state index in [2.05, 4.69) is 15.6 Å². The summed E-state index contributed by atoms with van der Waals surface area (Å²) in [6.07, 6.45) is 1.51. The lowest BCUT2D eigenvalue weighted by molar-refractivity contribution is 0.0856. The predicted octanol–water partition coefficient (Wildman–Crippen LogP) is -0.0755. The molecule has 12 heavy (non-hydrogen) atoms. The highest BCUT2D eigenvalue weighted by Gasteiger charge is 2.10. The number of hydrogen-bond donors (Lipinski definition) is 2. The predicted molar refractivity (Wildman–Crippen MR) is 44.5 cm³/mol. The van der Waals surface area contributed by atoms with E-state index >= 15 is 0 Å². The smallest absolute Gasteiger partial charge is 0.269 e. The maximum absolute atomic E-state index is 11.3. The molecule has 0 fully saturated rings. The SMILES string of the molecule is Cc1[nH]ncc1C(=O)NN(C)C. The molecule has 1 amide bonds. The first-order chi connectivity index (χ1) is 5.61. The Morgan fingerprint density at radius 2 is 2.33 bits per heavy atom. The summed E-state index contributed by atoms with van der Waals surface area (Å²) in [7, 11) is 3.51. The fourth-order valence-electron chi connectivity index (χ4n) is 0.843. The van der Waals surface area contributed by atoms with Crippen molar-refractivity contribution in [3.8, 4) is 0 Å². The molecule has 0 aliphatic heterocycles. The molecule has 5 heteroatoms. The molecular formula is C7H12N4O. The van der Waals surface area contributed by atoms with Gasteiger partial charge in [0.1, 0.15) is 0 Å². The molecule has 1 aromatic rings. The lowest BCUT2D eigenvalue weighted by atomic mass is 10.2. The van der Waals surface area contributed by atoms with Crippen molar-refractivity contribution in [2.45, 2.75) is 6.92 Å². The monoisotopic (exact) mass is 168 g/mol. The number of amides is 1. The van der Waals surface area contributed by atoms with Gasteiger partial charge in [-0.2, -0.15) is 5.10 Å². The molecule has 0 atom stereocenters. The zero-order valence-electron chi connectivity index (χ0n) is 7.38. The van der Waals surface area contributed by atoms with Crippen LogP contribution in [0.25, 0.3) is 0 Å². The second-order valence-electron chi connectivity index (χ2n) is 2.74. The van der Waals surface area contributed by atoms with Crippen molar-refractivity contribution in [2.75, 3.05) is 14.1 Å². The van der Waals surface area contributed by atoms with Crippen LogP contribution < -0.4 is 5.43 Å². The molecule has 0 aliphatic rings. The van der Waals surface area contributed by atoms with E-state index in [0.29, 0.717) is 5.56 Å². The first-order valence-corrected chi connectivity index (χ1v) is 3.59. The molecule has 66 valence electrons. The van der Waals surface area contributed by atoms with Crippen molar-refractivity contribution in [1.29, 1.82) is 0 Å². The van der Waals surface area contributed by atoms with Crippen LogP contribution in [0, 0.1) is 6.92 Å². The number of H-pyrrole nitrogens is 1. The van der Waals surface area contributed by atoms with Gasteiger partial charge in [-0.1, -0.05) is 0 Å². The largest absolute Gasteiger partial charge is 0.285 e. The van der Waals surface area contributed by atoms with Gasteiger partial charge in [0.25, 0.3) is 5.91 Å². The highest BCUT2D eigenvalue weighted by molar-refractivity contribution is 5.94. The maximum Gasteiger partial charge on any atom is 0.269 e. The third-order valence-electron chi connectivity index (χ3n) is 1.40. The van der Waals surface area contributed by atoms with Crippen LogP contribution in [0.1, 0.15) is 16.1 Å². The molecule has 0 saturated carbocycles. The summed E-state index contributed by atoms with van der Waals surface area (Å²) in [6.45, 7) is 1.80. The fraction of sp³-hybridized carbons (Fsp3) is 0.429. The van der Waals surface area contributed by atoms with Gasteiger partial charge in [0.2, 0.25) is 0 Å². The van der Waals surface area contributed by atoms with E-state index in [0.717, 1.165) is 5.69 Å². The molecule has 0 saturated heterocycles. The maximum atomic E-state index is 11.3. The topological polar surface area (TPSA) is 61.0 Å². The van der Waals surface area contributed by atoms with E-state index in [-0.39, 0.29) is 5.91 Å². The summed E-state index contributed by atoms with van der Waals surface area (Å²) in [5.74, 6) is -0.147. The number of hydrogen-bond acceptors (Lipinski definition) is 3. The Kier molecular flexibility index (Phi) is 2.44. The third kappa shape index (κ3) is 1.82. The summed E-state index contributed by atoms with van der Waals surface area (Å²) >= 11 is 0. The van der Waals surface area contributed by atoms with Crippen LogP contribution in [-0.4, -0.2) is 35.2 Å². The zero-order chi connectivity index (χ0) is 9.14. The van der Waals surface area contributed by atoms with Gasteiger partial charge in [0, 0.05) is 19.8 Å². The molecule has 0 spiro atoms. The van der Waals surface area contributed by atoms with Crippen molar-refractivity contribution in [3.05, 3.63) is 17.5 Å². The number of aromatic amines is 1. The van der Waals surface area contributed by atoms with Gasteiger partial charge in [0.15, 0.2) is 0 Å². The molecule has 0 unspecified atom stereocenters. The Morgan fingerprint density at radius 3 is 2.75 bits per heavy atom. The van der Waals surface area contributed by atoms with Gasteiger partial charge in [-0.05, 0) is 6.92 Å². The second-order valence-corrected chi connectivity index (χ2v) is 2.74. The van der Waals surface area contributed by atoms with E-state index < -0.39 is 0 Å². The fourth-order valence-corrected chi connectivity index (χ4v) is 0.843. The lowest BCUT2D eigenvalue weighted by Gasteiger charge is -2.10. The van der Waals surface area contributed by atoms with Gasteiger partial charge in [-0.15, -0.1) is 0 Å². The Hall–Kier alpha value is -1.36. The van der Waals surface area contributed by atoms with Gasteiger partial charge in [-0.3, -0.25) is 15.3 Å². The van der Waals surface area contributed by atoms with E-state index in [1.807, 2.05) is 0 Å². The average Bonchev–Trinajstić information content (AvgIpc) is 2.33. The molecule has 2 N–H and O–H groups in total. The number of carbonyl (C=O) groups excluding carboxylic acids is 1. The minimum absolute atomic E-state index is 0.147. The summed E-state index contributed by atoms with van der Waals surface area (Å²) in [5, 5.41) is 8.03. The van der Waals surface area contributed by atoms with Crippen LogP contribution in [-0.2, 0) is 0 Å². The minimum atomic E-state index is -0.147. The van der Waals surface area contributed by atoms with Crippen LogP contribution in [0.2, 0.25) is 0 Å². The Morgan fingerprint density at radius 1 is 1.67 bits per heavy atom. The lowest BCUT2D eigenvalue weighted by Crippen LogP contribution is -2.36. The summed E-state index contributed by atoms with van der Waals surface area (Å²) in [5.41, 5.74) is 3.97. The third-order valence-corrected chi connectivity index (χ3v) is 1.40. The van der Waals surface area contributed by atoms with Crippen LogP contribution in [0.5, 0.6) is 0 Å². The average molecular weight is 168 g/mol. The van der Waals surface area contributed by atoms with Crippen molar-refractivity contribution >= 4 is 5.91 Å². The molecule has 5 nitrogen and oxygen atoms in total. The van der Waals surface area contributed by atoms with E-state index in [4.69, 9.17) is 0 Å². The molecule has 0 aromatic carbocycles. The van der Waals surface area contributed by atoms with Crippen LogP contribution in [0.3, 0.4) is 0 Å².